The molecule has 0 saturated heterocycles. The second-order valence-electron chi connectivity index (χ2n) is 7.23. The van der Waals surface area contributed by atoms with Crippen molar-refractivity contribution in [1.82, 2.24) is 14.0 Å². The van der Waals surface area contributed by atoms with E-state index < -0.39 is 6.10 Å². The van der Waals surface area contributed by atoms with Crippen LogP contribution in [0.3, 0.4) is 0 Å². The van der Waals surface area contributed by atoms with Gasteiger partial charge in [0.2, 0.25) is 5.62 Å². The van der Waals surface area contributed by atoms with Crippen LogP contribution < -0.4 is 27.5 Å². The van der Waals surface area contributed by atoms with Gasteiger partial charge in [0.1, 0.15) is 0 Å². The van der Waals surface area contributed by atoms with Gasteiger partial charge in [0, 0.05) is 13.1 Å². The van der Waals surface area contributed by atoms with Crippen molar-refractivity contribution in [2.24, 2.45) is 0 Å². The molecular formula is C23H32ClN4O3-. The Morgan fingerprint density at radius 2 is 1.58 bits per heavy atom. The standard InChI is InChI=1S/C23H32N4O3.ClH/c1-5-25(6-2)13-14-26-18-9-7-8-10-19(18)27(23(26)24)16-20(28)17-11-12-21(29-3)22(15-17)30-4;/h7-12,15,20,24,28H,5-6,13-14,16H2,1-4H3;1H/p-1. The zero-order chi connectivity index (χ0) is 21.7. The number of hydrogen-bond acceptors (Lipinski definition) is 5. The molecule has 0 spiro atoms. The average Bonchev–Trinajstić information content (AvgIpc) is 3.05. The number of benzene rings is 2. The molecule has 0 bridgehead atoms. The molecule has 0 fully saturated rings. The number of ether oxygens (including phenoxy) is 2. The maximum atomic E-state index is 10.9. The molecule has 3 aromatic rings. The van der Waals surface area contributed by atoms with Crippen molar-refractivity contribution in [3.05, 3.63) is 53.6 Å². The van der Waals surface area contributed by atoms with E-state index in [1.54, 1.807) is 26.4 Å². The fraction of sp³-hybridized carbons (Fsp3) is 0.435. The number of imidazole rings is 1. The maximum absolute atomic E-state index is 10.9. The summed E-state index contributed by atoms with van der Waals surface area (Å²) in [6.07, 6.45) is -0.777. The first-order chi connectivity index (χ1) is 14.5. The van der Waals surface area contributed by atoms with Crippen LogP contribution in [0.15, 0.2) is 42.5 Å². The van der Waals surface area contributed by atoms with Crippen LogP contribution in [-0.2, 0) is 13.1 Å². The minimum atomic E-state index is -0.777. The molecule has 1 unspecified atom stereocenters. The van der Waals surface area contributed by atoms with Crippen molar-refractivity contribution in [2.75, 3.05) is 33.9 Å². The SMILES string of the molecule is CCN(CC)CCn1c(=N)n(CC(O)c2ccc(OC)c(OC)c2)c2ccccc21.[Cl-]. The molecule has 170 valence electrons. The highest BCUT2D eigenvalue weighted by Gasteiger charge is 2.17. The normalized spacial score (nSPS) is 12.1. The van der Waals surface area contributed by atoms with Gasteiger partial charge in [0.05, 0.1) is 37.9 Å². The lowest BCUT2D eigenvalue weighted by atomic mass is 10.1. The van der Waals surface area contributed by atoms with Crippen LogP contribution in [0.1, 0.15) is 25.5 Å². The fourth-order valence-corrected chi connectivity index (χ4v) is 3.83. The minimum absolute atomic E-state index is 0. The Labute approximate surface area is 189 Å². The number of nitrogens with one attached hydrogen (secondary N) is 1. The topological polar surface area (TPSA) is 75.6 Å². The molecule has 0 aliphatic carbocycles. The molecule has 3 rings (SSSR count). The van der Waals surface area contributed by atoms with Gasteiger partial charge in [0.15, 0.2) is 11.5 Å². The number of likely N-dealkylation sites (N-methyl/N-ethyl adjacent to an activating group) is 1. The van der Waals surface area contributed by atoms with Crippen LogP contribution in [0, 0.1) is 5.41 Å². The number of halogens is 1. The Bertz CT molecular complexity index is 1040. The quantitative estimate of drug-likeness (QED) is 0.459. The third-order valence-electron chi connectivity index (χ3n) is 5.66. The third kappa shape index (κ3) is 5.23. The monoisotopic (exact) mass is 447 g/mol. The summed E-state index contributed by atoms with van der Waals surface area (Å²) in [7, 11) is 3.16. The highest BCUT2D eigenvalue weighted by Crippen LogP contribution is 2.30. The van der Waals surface area contributed by atoms with Gasteiger partial charge in [0.25, 0.3) is 0 Å². The van der Waals surface area contributed by atoms with E-state index in [0.717, 1.165) is 42.8 Å². The number of hydrogen-bond donors (Lipinski definition) is 2. The van der Waals surface area contributed by atoms with Crippen LogP contribution in [0.2, 0.25) is 0 Å². The van der Waals surface area contributed by atoms with Crippen LogP contribution in [0.25, 0.3) is 11.0 Å². The van der Waals surface area contributed by atoms with Crippen molar-refractivity contribution in [3.63, 3.8) is 0 Å². The smallest absolute Gasteiger partial charge is 0.203 e. The summed E-state index contributed by atoms with van der Waals surface area (Å²) in [5.74, 6) is 1.20. The molecule has 2 aromatic carbocycles. The van der Waals surface area contributed by atoms with Gasteiger partial charge in [-0.2, -0.15) is 0 Å². The summed E-state index contributed by atoms with van der Waals surface area (Å²) in [6, 6.07) is 13.4. The van der Waals surface area contributed by atoms with Crippen molar-refractivity contribution in [1.29, 1.82) is 5.41 Å². The lowest BCUT2D eigenvalue weighted by Crippen LogP contribution is -3.00. The number of nitrogens with zero attached hydrogens (tertiary/aromatic N) is 3. The first-order valence-electron chi connectivity index (χ1n) is 10.4. The van der Waals surface area contributed by atoms with E-state index in [2.05, 4.69) is 18.7 Å². The lowest BCUT2D eigenvalue weighted by Gasteiger charge is -2.18. The Morgan fingerprint density at radius 3 is 2.16 bits per heavy atom. The number of rotatable bonds is 10. The zero-order valence-electron chi connectivity index (χ0n) is 18.6. The van der Waals surface area contributed by atoms with Gasteiger partial charge in [-0.1, -0.05) is 32.0 Å². The number of aromatic nitrogens is 2. The highest BCUT2D eigenvalue weighted by atomic mass is 35.5. The number of aliphatic hydroxyl groups excluding tert-OH is 1. The van der Waals surface area contributed by atoms with E-state index in [9.17, 15) is 5.11 Å². The predicted octanol–water partition coefficient (Wildman–Crippen LogP) is 0.0189. The summed E-state index contributed by atoms with van der Waals surface area (Å²) in [6.45, 7) is 8.18. The number of para-hydroxylation sites is 2. The molecule has 0 saturated carbocycles. The zero-order valence-corrected chi connectivity index (χ0v) is 19.4. The van der Waals surface area contributed by atoms with E-state index in [4.69, 9.17) is 14.9 Å². The molecule has 0 aliphatic heterocycles. The summed E-state index contributed by atoms with van der Waals surface area (Å²) in [4.78, 5) is 2.34. The molecular weight excluding hydrogens is 416 g/mol. The molecule has 0 amide bonds. The van der Waals surface area contributed by atoms with E-state index in [1.165, 1.54) is 0 Å². The minimum Gasteiger partial charge on any atom is -1.00 e. The van der Waals surface area contributed by atoms with E-state index in [-0.39, 0.29) is 19.0 Å². The summed E-state index contributed by atoms with van der Waals surface area (Å²) >= 11 is 0. The van der Waals surface area contributed by atoms with Crippen LogP contribution >= 0.6 is 0 Å². The number of methoxy groups -OCH3 is 2. The Kier molecular flexibility index (Phi) is 8.98. The number of fused-ring (bicyclic) bond motifs is 1. The summed E-state index contributed by atoms with van der Waals surface area (Å²) in [5, 5.41) is 19.7. The molecule has 0 aliphatic rings. The second kappa shape index (κ2) is 11.2. The fourth-order valence-electron chi connectivity index (χ4n) is 3.83. The predicted molar refractivity (Wildman–Crippen MR) is 118 cm³/mol. The van der Waals surface area contributed by atoms with Crippen molar-refractivity contribution >= 4 is 11.0 Å². The van der Waals surface area contributed by atoms with Crippen molar-refractivity contribution in [3.8, 4) is 11.5 Å². The van der Waals surface area contributed by atoms with Crippen LogP contribution in [-0.4, -0.2) is 53.0 Å². The van der Waals surface area contributed by atoms with Crippen molar-refractivity contribution < 1.29 is 27.0 Å². The third-order valence-corrected chi connectivity index (χ3v) is 5.66. The van der Waals surface area contributed by atoms with Gasteiger partial charge in [-0.3, -0.25) is 5.41 Å². The van der Waals surface area contributed by atoms with Gasteiger partial charge < -0.3 is 41.0 Å². The van der Waals surface area contributed by atoms with E-state index in [0.29, 0.717) is 17.1 Å². The van der Waals surface area contributed by atoms with Gasteiger partial charge >= 0.3 is 0 Å². The van der Waals surface area contributed by atoms with Gasteiger partial charge in [-0.05, 0) is 42.9 Å². The van der Waals surface area contributed by atoms with E-state index >= 15 is 0 Å². The first kappa shape index (κ1) is 24.8. The van der Waals surface area contributed by atoms with Gasteiger partial charge in [-0.25, -0.2) is 0 Å². The van der Waals surface area contributed by atoms with Crippen LogP contribution in [0.4, 0.5) is 0 Å². The van der Waals surface area contributed by atoms with Gasteiger partial charge in [-0.15, -0.1) is 0 Å². The first-order valence-corrected chi connectivity index (χ1v) is 10.4. The molecule has 7 nitrogen and oxygen atoms in total. The summed E-state index contributed by atoms with van der Waals surface area (Å²) < 4.78 is 14.5. The molecule has 1 atom stereocenters. The number of aliphatic hydroxyl groups is 1. The molecule has 8 heteroatoms. The second-order valence-corrected chi connectivity index (χ2v) is 7.23. The summed E-state index contributed by atoms with van der Waals surface area (Å²) in [5.41, 5.74) is 3.07. The molecule has 2 N–H and O–H groups in total. The molecule has 31 heavy (non-hydrogen) atoms. The highest BCUT2D eigenvalue weighted by molar-refractivity contribution is 5.75. The Balaban J connectivity index is 0.00000341. The molecule has 0 radical (unpaired) electrons. The van der Waals surface area contributed by atoms with E-state index in [1.807, 2.05) is 39.5 Å². The molecule has 1 heterocycles. The Morgan fingerprint density at radius 1 is 0.968 bits per heavy atom. The van der Waals surface area contributed by atoms with Crippen LogP contribution in [0.5, 0.6) is 11.5 Å². The largest absolute Gasteiger partial charge is 1.00 e. The lowest BCUT2D eigenvalue weighted by molar-refractivity contribution is -0.00000882. The maximum Gasteiger partial charge on any atom is 0.203 e. The Hall–Kier alpha value is -2.48. The average molecular weight is 448 g/mol. The molecule has 1 aromatic heterocycles. The van der Waals surface area contributed by atoms with Crippen molar-refractivity contribution in [2.45, 2.75) is 33.0 Å².